The Morgan fingerprint density at radius 3 is 2.47 bits per heavy atom. The quantitative estimate of drug-likeness (QED) is 0.822. The Morgan fingerprint density at radius 2 is 1.94 bits per heavy atom. The van der Waals surface area contributed by atoms with Gasteiger partial charge in [-0.15, -0.1) is 0 Å². The Morgan fingerprint density at radius 1 is 1.29 bits per heavy atom. The summed E-state index contributed by atoms with van der Waals surface area (Å²) in [6, 6.07) is 8.03. The summed E-state index contributed by atoms with van der Waals surface area (Å²) >= 11 is 0. The van der Waals surface area contributed by atoms with E-state index in [4.69, 9.17) is 4.74 Å². The van der Waals surface area contributed by atoms with Crippen molar-refractivity contribution in [3.63, 3.8) is 0 Å². The molecule has 2 rings (SSSR count). The Bertz CT molecular complexity index is 327. The van der Waals surface area contributed by atoms with E-state index in [0.29, 0.717) is 6.10 Å². The van der Waals surface area contributed by atoms with Gasteiger partial charge in [-0.1, -0.05) is 12.1 Å². The summed E-state index contributed by atoms with van der Waals surface area (Å²) in [5, 5.41) is 12.3. The van der Waals surface area contributed by atoms with Crippen molar-refractivity contribution in [3.05, 3.63) is 29.8 Å². The van der Waals surface area contributed by atoms with Crippen molar-refractivity contribution in [3.8, 4) is 5.75 Å². The number of aliphatic hydroxyl groups is 1. The van der Waals surface area contributed by atoms with Crippen LogP contribution in [0.3, 0.4) is 0 Å². The number of likely N-dealkylation sites (N-methyl/N-ethyl adjacent to an activating group) is 1. The molecule has 0 radical (unpaired) electrons. The van der Waals surface area contributed by atoms with Crippen LogP contribution in [0, 0.1) is 0 Å². The number of hydrogen-bond donors (Lipinski definition) is 2. The van der Waals surface area contributed by atoms with Gasteiger partial charge in [0.25, 0.3) is 0 Å². The van der Waals surface area contributed by atoms with Crippen molar-refractivity contribution in [2.75, 3.05) is 13.7 Å². The van der Waals surface area contributed by atoms with E-state index in [-0.39, 0.29) is 12.6 Å². The zero-order valence-corrected chi connectivity index (χ0v) is 10.4. The van der Waals surface area contributed by atoms with Crippen molar-refractivity contribution in [1.82, 2.24) is 5.32 Å². The summed E-state index contributed by atoms with van der Waals surface area (Å²) < 4.78 is 5.89. The summed E-state index contributed by atoms with van der Waals surface area (Å²) in [5.74, 6) is 0.938. The normalized spacial score (nSPS) is 18.2. The molecule has 1 unspecified atom stereocenters. The van der Waals surface area contributed by atoms with Gasteiger partial charge in [-0.2, -0.15) is 0 Å². The van der Waals surface area contributed by atoms with Crippen LogP contribution in [0.1, 0.15) is 37.3 Å². The van der Waals surface area contributed by atoms with E-state index in [2.05, 4.69) is 5.32 Å². The van der Waals surface area contributed by atoms with Gasteiger partial charge in [-0.25, -0.2) is 0 Å². The molecule has 17 heavy (non-hydrogen) atoms. The fourth-order valence-electron chi connectivity index (χ4n) is 2.34. The monoisotopic (exact) mass is 235 g/mol. The molecule has 0 aromatic heterocycles. The van der Waals surface area contributed by atoms with Crippen molar-refractivity contribution < 1.29 is 9.84 Å². The number of ether oxygens (including phenoxy) is 1. The number of rotatable bonds is 5. The van der Waals surface area contributed by atoms with Gasteiger partial charge in [-0.05, 0) is 50.4 Å². The van der Waals surface area contributed by atoms with Gasteiger partial charge in [0, 0.05) is 0 Å². The first kappa shape index (κ1) is 12.4. The molecule has 1 aromatic rings. The Kier molecular flexibility index (Phi) is 4.40. The lowest BCUT2D eigenvalue weighted by Crippen LogP contribution is -2.19. The molecule has 2 N–H and O–H groups in total. The lowest BCUT2D eigenvalue weighted by Gasteiger charge is -2.16. The third-order valence-corrected chi connectivity index (χ3v) is 3.42. The van der Waals surface area contributed by atoms with Gasteiger partial charge in [0.15, 0.2) is 0 Å². The first-order valence-corrected chi connectivity index (χ1v) is 6.38. The molecule has 0 amide bonds. The zero-order valence-electron chi connectivity index (χ0n) is 10.4. The molecule has 1 aliphatic carbocycles. The molecule has 0 saturated heterocycles. The Labute approximate surface area is 103 Å². The molecule has 0 bridgehead atoms. The van der Waals surface area contributed by atoms with E-state index in [1.807, 2.05) is 31.3 Å². The molecule has 3 nitrogen and oxygen atoms in total. The van der Waals surface area contributed by atoms with Crippen LogP contribution in [0.4, 0.5) is 0 Å². The smallest absolute Gasteiger partial charge is 0.119 e. The van der Waals surface area contributed by atoms with Crippen LogP contribution in [0.15, 0.2) is 24.3 Å². The highest BCUT2D eigenvalue weighted by molar-refractivity contribution is 5.29. The van der Waals surface area contributed by atoms with Crippen LogP contribution in [0.25, 0.3) is 0 Å². The van der Waals surface area contributed by atoms with E-state index >= 15 is 0 Å². The van der Waals surface area contributed by atoms with Crippen LogP contribution in [0.5, 0.6) is 5.75 Å². The van der Waals surface area contributed by atoms with Crippen molar-refractivity contribution in [1.29, 1.82) is 0 Å². The van der Waals surface area contributed by atoms with Gasteiger partial charge in [0.2, 0.25) is 0 Å². The van der Waals surface area contributed by atoms with Crippen LogP contribution in [-0.2, 0) is 0 Å². The van der Waals surface area contributed by atoms with Crippen molar-refractivity contribution in [2.24, 2.45) is 0 Å². The molecule has 1 atom stereocenters. The molecule has 1 aromatic carbocycles. The maximum absolute atomic E-state index is 9.18. The fraction of sp³-hybridized carbons (Fsp3) is 0.571. The minimum absolute atomic E-state index is 0.00975. The standard InChI is InChI=1S/C14H21NO2/c1-15-14(10-16)11-6-8-13(9-7-11)17-12-4-2-3-5-12/h6-9,12,14-16H,2-5,10H2,1H3. The van der Waals surface area contributed by atoms with Crippen molar-refractivity contribution in [2.45, 2.75) is 37.8 Å². The fourth-order valence-corrected chi connectivity index (χ4v) is 2.34. The number of benzene rings is 1. The number of aliphatic hydroxyl groups excluding tert-OH is 1. The third kappa shape index (κ3) is 3.20. The molecular weight excluding hydrogens is 214 g/mol. The second-order valence-electron chi connectivity index (χ2n) is 4.62. The van der Waals surface area contributed by atoms with Gasteiger partial charge in [-0.3, -0.25) is 0 Å². The molecule has 94 valence electrons. The molecular formula is C14H21NO2. The predicted molar refractivity (Wildman–Crippen MR) is 68.2 cm³/mol. The van der Waals surface area contributed by atoms with Gasteiger partial charge in [0.05, 0.1) is 18.8 Å². The summed E-state index contributed by atoms with van der Waals surface area (Å²) in [6.07, 6.45) is 5.33. The molecule has 1 aliphatic rings. The Balaban J connectivity index is 1.96. The average Bonchev–Trinajstić information content (AvgIpc) is 2.86. The van der Waals surface area contributed by atoms with Gasteiger partial charge < -0.3 is 15.2 Å². The first-order chi connectivity index (χ1) is 8.33. The highest BCUT2D eigenvalue weighted by Gasteiger charge is 2.16. The molecule has 0 aliphatic heterocycles. The summed E-state index contributed by atoms with van der Waals surface area (Å²) in [7, 11) is 1.85. The topological polar surface area (TPSA) is 41.5 Å². The molecule has 1 fully saturated rings. The predicted octanol–water partition coefficient (Wildman–Crippen LogP) is 2.26. The second-order valence-corrected chi connectivity index (χ2v) is 4.62. The minimum atomic E-state index is 0.00975. The van der Waals surface area contributed by atoms with Crippen LogP contribution in [-0.4, -0.2) is 24.9 Å². The number of nitrogens with one attached hydrogen (secondary N) is 1. The van der Waals surface area contributed by atoms with E-state index in [9.17, 15) is 5.11 Å². The Hall–Kier alpha value is -1.06. The maximum Gasteiger partial charge on any atom is 0.119 e. The lowest BCUT2D eigenvalue weighted by atomic mass is 10.1. The number of hydrogen-bond acceptors (Lipinski definition) is 3. The van der Waals surface area contributed by atoms with Crippen LogP contribution < -0.4 is 10.1 Å². The summed E-state index contributed by atoms with van der Waals surface area (Å²) in [4.78, 5) is 0. The van der Waals surface area contributed by atoms with E-state index in [0.717, 1.165) is 11.3 Å². The van der Waals surface area contributed by atoms with E-state index < -0.39 is 0 Å². The van der Waals surface area contributed by atoms with Crippen LogP contribution >= 0.6 is 0 Å². The van der Waals surface area contributed by atoms with Crippen LogP contribution in [0.2, 0.25) is 0 Å². The average molecular weight is 235 g/mol. The third-order valence-electron chi connectivity index (χ3n) is 3.42. The van der Waals surface area contributed by atoms with E-state index in [1.165, 1.54) is 25.7 Å². The highest BCUT2D eigenvalue weighted by atomic mass is 16.5. The van der Waals surface area contributed by atoms with Crippen molar-refractivity contribution >= 4 is 0 Å². The molecule has 3 heteroatoms. The highest BCUT2D eigenvalue weighted by Crippen LogP contribution is 2.25. The SMILES string of the molecule is CNC(CO)c1ccc(OC2CCCC2)cc1. The van der Waals surface area contributed by atoms with E-state index in [1.54, 1.807) is 0 Å². The first-order valence-electron chi connectivity index (χ1n) is 6.38. The zero-order chi connectivity index (χ0) is 12.1. The second kappa shape index (κ2) is 6.03. The largest absolute Gasteiger partial charge is 0.490 e. The molecule has 1 saturated carbocycles. The van der Waals surface area contributed by atoms with Gasteiger partial charge in [0.1, 0.15) is 5.75 Å². The maximum atomic E-state index is 9.18. The summed E-state index contributed by atoms with van der Waals surface area (Å²) in [5.41, 5.74) is 1.09. The molecule has 0 spiro atoms. The summed E-state index contributed by atoms with van der Waals surface area (Å²) in [6.45, 7) is 0.110. The minimum Gasteiger partial charge on any atom is -0.490 e. The lowest BCUT2D eigenvalue weighted by molar-refractivity contribution is 0.209. The van der Waals surface area contributed by atoms with Gasteiger partial charge >= 0.3 is 0 Å². The molecule has 0 heterocycles.